The van der Waals surface area contributed by atoms with Gasteiger partial charge in [-0.2, -0.15) is 0 Å². The van der Waals surface area contributed by atoms with E-state index in [0.29, 0.717) is 10.6 Å². The smallest absolute Gasteiger partial charge is 0.251 e. The molecular weight excluding hydrogens is 320 g/mol. The van der Waals surface area contributed by atoms with Crippen molar-refractivity contribution in [3.63, 3.8) is 0 Å². The third-order valence-corrected chi connectivity index (χ3v) is 4.64. The number of nitrogens with one attached hydrogen (secondary N) is 1. The van der Waals surface area contributed by atoms with Gasteiger partial charge in [0.1, 0.15) is 10.7 Å². The average Bonchev–Trinajstić information content (AvgIpc) is 2.61. The Balaban J connectivity index is 1.77. The first kappa shape index (κ1) is 16.5. The number of aryl methyl sites for hydroxylation is 1. The lowest BCUT2D eigenvalue weighted by Crippen LogP contribution is -2.31. The van der Waals surface area contributed by atoms with E-state index in [9.17, 15) is 4.79 Å². The first-order chi connectivity index (χ1) is 11.6. The molecule has 0 saturated heterocycles. The van der Waals surface area contributed by atoms with Gasteiger partial charge in [0, 0.05) is 11.1 Å². The van der Waals surface area contributed by atoms with Crippen molar-refractivity contribution in [3.05, 3.63) is 64.7 Å². The summed E-state index contributed by atoms with van der Waals surface area (Å²) in [5.41, 5.74) is 9.38. The molecule has 4 nitrogen and oxygen atoms in total. The van der Waals surface area contributed by atoms with Crippen LogP contribution < -0.4 is 15.8 Å². The molecule has 0 aromatic heterocycles. The van der Waals surface area contributed by atoms with Crippen LogP contribution in [0.25, 0.3) is 0 Å². The topological polar surface area (TPSA) is 64.3 Å². The standard InChI is InChI=1S/C19H20N2O2S/c1-23-15-9-10-16-14(11-15)3-2-4-17(16)21-19(22)13-7-5-12(6-8-13)18(20)24/h5-11,17H,2-4H2,1H3,(H2,20,24)(H,21,22)/t17-/m1/s1. The Hall–Kier alpha value is -2.40. The van der Waals surface area contributed by atoms with Crippen LogP contribution in [0.5, 0.6) is 5.75 Å². The third kappa shape index (κ3) is 3.41. The SMILES string of the molecule is COc1ccc2c(c1)CCC[C@H]2NC(=O)c1ccc(C(N)=S)cc1. The van der Waals surface area contributed by atoms with Gasteiger partial charge in [0.15, 0.2) is 0 Å². The van der Waals surface area contributed by atoms with Crippen molar-refractivity contribution < 1.29 is 9.53 Å². The number of thiocarbonyl (C=S) groups is 1. The molecule has 124 valence electrons. The van der Waals surface area contributed by atoms with Gasteiger partial charge in [-0.1, -0.05) is 30.4 Å². The average molecular weight is 340 g/mol. The van der Waals surface area contributed by atoms with Gasteiger partial charge in [-0.25, -0.2) is 0 Å². The summed E-state index contributed by atoms with van der Waals surface area (Å²) < 4.78 is 5.29. The second-order valence-electron chi connectivity index (χ2n) is 5.92. The maximum absolute atomic E-state index is 12.5. The molecule has 1 aliphatic carbocycles. The summed E-state index contributed by atoms with van der Waals surface area (Å²) >= 11 is 4.93. The predicted molar refractivity (Wildman–Crippen MR) is 98.5 cm³/mol. The fourth-order valence-corrected chi connectivity index (χ4v) is 3.23. The third-order valence-electron chi connectivity index (χ3n) is 4.40. The Morgan fingerprint density at radius 1 is 1.21 bits per heavy atom. The minimum Gasteiger partial charge on any atom is -0.497 e. The second kappa shape index (κ2) is 7.01. The van der Waals surface area contributed by atoms with Crippen LogP contribution in [0.15, 0.2) is 42.5 Å². The summed E-state index contributed by atoms with van der Waals surface area (Å²) in [5, 5.41) is 3.13. The van der Waals surface area contributed by atoms with Gasteiger partial charge in [-0.3, -0.25) is 4.79 Å². The number of hydrogen-bond acceptors (Lipinski definition) is 3. The summed E-state index contributed by atoms with van der Waals surface area (Å²) in [4.78, 5) is 12.9. The number of methoxy groups -OCH3 is 1. The van der Waals surface area contributed by atoms with Gasteiger partial charge < -0.3 is 15.8 Å². The summed E-state index contributed by atoms with van der Waals surface area (Å²) in [6, 6.07) is 13.1. The van der Waals surface area contributed by atoms with Crippen molar-refractivity contribution in [2.75, 3.05) is 7.11 Å². The predicted octanol–water partition coefficient (Wildman–Crippen LogP) is 3.14. The highest BCUT2D eigenvalue weighted by molar-refractivity contribution is 7.80. The summed E-state index contributed by atoms with van der Waals surface area (Å²) in [6.45, 7) is 0. The van der Waals surface area contributed by atoms with Gasteiger partial charge in [-0.15, -0.1) is 0 Å². The van der Waals surface area contributed by atoms with Crippen LogP contribution in [0.2, 0.25) is 0 Å². The van der Waals surface area contributed by atoms with E-state index in [-0.39, 0.29) is 11.9 Å². The molecule has 0 unspecified atom stereocenters. The molecule has 3 N–H and O–H groups in total. The first-order valence-electron chi connectivity index (χ1n) is 7.96. The maximum atomic E-state index is 12.5. The van der Waals surface area contributed by atoms with Crippen LogP contribution in [0.1, 0.15) is 45.9 Å². The number of benzene rings is 2. The number of nitrogens with two attached hydrogens (primary N) is 1. The van der Waals surface area contributed by atoms with Crippen LogP contribution >= 0.6 is 12.2 Å². The zero-order chi connectivity index (χ0) is 17.1. The minimum atomic E-state index is -0.0850. The summed E-state index contributed by atoms with van der Waals surface area (Å²) in [5.74, 6) is 0.771. The second-order valence-corrected chi connectivity index (χ2v) is 6.36. The zero-order valence-corrected chi connectivity index (χ0v) is 14.4. The Labute approximate surface area is 147 Å². The van der Waals surface area contributed by atoms with E-state index in [2.05, 4.69) is 11.4 Å². The quantitative estimate of drug-likeness (QED) is 0.839. The molecule has 1 atom stereocenters. The molecule has 1 aliphatic rings. The van der Waals surface area contributed by atoms with Crippen molar-refractivity contribution in [3.8, 4) is 5.75 Å². The molecule has 2 aromatic rings. The largest absolute Gasteiger partial charge is 0.497 e. The van der Waals surface area contributed by atoms with E-state index in [4.69, 9.17) is 22.7 Å². The van der Waals surface area contributed by atoms with E-state index in [0.717, 1.165) is 30.6 Å². The van der Waals surface area contributed by atoms with E-state index >= 15 is 0 Å². The van der Waals surface area contributed by atoms with Gasteiger partial charge in [0.05, 0.1) is 13.2 Å². The highest BCUT2D eigenvalue weighted by Crippen LogP contribution is 2.32. The van der Waals surface area contributed by atoms with E-state index in [1.54, 1.807) is 31.4 Å². The lowest BCUT2D eigenvalue weighted by molar-refractivity contribution is 0.0933. The van der Waals surface area contributed by atoms with Crippen molar-refractivity contribution >= 4 is 23.1 Å². The number of ether oxygens (including phenoxy) is 1. The van der Waals surface area contributed by atoms with Gasteiger partial charge in [0.2, 0.25) is 0 Å². The molecule has 0 fully saturated rings. The van der Waals surface area contributed by atoms with E-state index in [1.165, 1.54) is 11.1 Å². The Morgan fingerprint density at radius 2 is 1.92 bits per heavy atom. The first-order valence-corrected chi connectivity index (χ1v) is 8.37. The molecular formula is C19H20N2O2S. The van der Waals surface area contributed by atoms with Gasteiger partial charge in [0.25, 0.3) is 5.91 Å². The fourth-order valence-electron chi connectivity index (χ4n) is 3.10. The lowest BCUT2D eigenvalue weighted by Gasteiger charge is -2.27. The number of carbonyl (C=O) groups is 1. The van der Waals surface area contributed by atoms with Crippen molar-refractivity contribution in [2.24, 2.45) is 5.73 Å². The van der Waals surface area contributed by atoms with Crippen LogP contribution in [0.4, 0.5) is 0 Å². The van der Waals surface area contributed by atoms with Crippen LogP contribution in [-0.4, -0.2) is 18.0 Å². The van der Waals surface area contributed by atoms with Crippen LogP contribution in [0.3, 0.4) is 0 Å². The zero-order valence-electron chi connectivity index (χ0n) is 13.5. The molecule has 0 aliphatic heterocycles. The maximum Gasteiger partial charge on any atom is 0.251 e. The normalized spacial score (nSPS) is 16.1. The lowest BCUT2D eigenvalue weighted by atomic mass is 9.87. The van der Waals surface area contributed by atoms with Crippen molar-refractivity contribution in [1.29, 1.82) is 0 Å². The number of hydrogen-bond donors (Lipinski definition) is 2. The fraction of sp³-hybridized carbons (Fsp3) is 0.263. The Bertz CT molecular complexity index is 771. The van der Waals surface area contributed by atoms with Crippen LogP contribution in [-0.2, 0) is 6.42 Å². The van der Waals surface area contributed by atoms with Crippen molar-refractivity contribution in [2.45, 2.75) is 25.3 Å². The molecule has 5 heteroatoms. The molecule has 24 heavy (non-hydrogen) atoms. The molecule has 0 saturated carbocycles. The molecule has 0 spiro atoms. The molecule has 0 bridgehead atoms. The molecule has 2 aromatic carbocycles. The number of carbonyl (C=O) groups excluding carboxylic acids is 1. The molecule has 0 heterocycles. The van der Waals surface area contributed by atoms with Gasteiger partial charge >= 0.3 is 0 Å². The van der Waals surface area contributed by atoms with E-state index < -0.39 is 0 Å². The summed E-state index contributed by atoms with van der Waals surface area (Å²) in [7, 11) is 1.67. The highest BCUT2D eigenvalue weighted by Gasteiger charge is 2.22. The van der Waals surface area contributed by atoms with Crippen LogP contribution in [0, 0.1) is 0 Å². The molecule has 0 radical (unpaired) electrons. The molecule has 3 rings (SSSR count). The highest BCUT2D eigenvalue weighted by atomic mass is 32.1. The Morgan fingerprint density at radius 3 is 2.58 bits per heavy atom. The number of fused-ring (bicyclic) bond motifs is 1. The monoisotopic (exact) mass is 340 g/mol. The Kier molecular flexibility index (Phi) is 4.81. The number of rotatable bonds is 4. The minimum absolute atomic E-state index is 0.0300. The van der Waals surface area contributed by atoms with Crippen molar-refractivity contribution in [1.82, 2.24) is 5.32 Å². The van der Waals surface area contributed by atoms with E-state index in [1.807, 2.05) is 12.1 Å². The number of amides is 1. The van der Waals surface area contributed by atoms with Gasteiger partial charge in [-0.05, 0) is 54.7 Å². The molecule has 1 amide bonds. The summed E-state index contributed by atoms with van der Waals surface area (Å²) in [6.07, 6.45) is 3.00.